The first-order valence-corrected chi connectivity index (χ1v) is 10.2. The quantitative estimate of drug-likeness (QED) is 0.764. The number of hydrogen-bond donors (Lipinski definition) is 0. The number of thioether (sulfide) groups is 1. The first kappa shape index (κ1) is 16.8. The monoisotopic (exact) mass is 349 g/mol. The summed E-state index contributed by atoms with van der Waals surface area (Å²) in [5.74, 6) is 2.63. The molecule has 1 aromatic rings. The van der Waals surface area contributed by atoms with E-state index in [2.05, 4.69) is 9.97 Å². The van der Waals surface area contributed by atoms with Crippen LogP contribution < -0.4 is 4.90 Å². The summed E-state index contributed by atoms with van der Waals surface area (Å²) < 4.78 is 24.0. The molecule has 1 unspecified atom stereocenters. The van der Waals surface area contributed by atoms with Gasteiger partial charge in [0.1, 0.15) is 22.2 Å². The normalized spacial score (nSPS) is 20.6. The van der Waals surface area contributed by atoms with E-state index in [0.29, 0.717) is 29.1 Å². The summed E-state index contributed by atoms with van der Waals surface area (Å²) in [6.07, 6.45) is 1.27. The fourth-order valence-electron chi connectivity index (χ4n) is 2.09. The van der Waals surface area contributed by atoms with Gasteiger partial charge < -0.3 is 4.90 Å². The van der Waals surface area contributed by atoms with Crippen LogP contribution in [0.25, 0.3) is 0 Å². The van der Waals surface area contributed by atoms with Crippen molar-refractivity contribution in [3.05, 3.63) is 17.0 Å². The van der Waals surface area contributed by atoms with Gasteiger partial charge in [-0.05, 0) is 0 Å². The third-order valence-electron chi connectivity index (χ3n) is 3.23. The van der Waals surface area contributed by atoms with E-state index in [1.807, 2.05) is 25.7 Å². The molecule has 0 N–H and O–H groups in total. The molecule has 1 atom stereocenters. The second kappa shape index (κ2) is 5.93. The van der Waals surface area contributed by atoms with Crippen LogP contribution in [0.1, 0.15) is 26.6 Å². The first-order valence-electron chi connectivity index (χ1n) is 6.67. The van der Waals surface area contributed by atoms with E-state index < -0.39 is 15.2 Å². The van der Waals surface area contributed by atoms with Gasteiger partial charge in [0.05, 0.1) is 0 Å². The van der Waals surface area contributed by atoms with Gasteiger partial charge in [-0.25, -0.2) is 18.4 Å². The molecule has 5 nitrogen and oxygen atoms in total. The van der Waals surface area contributed by atoms with Crippen LogP contribution in [0.4, 0.5) is 5.82 Å². The second-order valence-electron chi connectivity index (χ2n) is 6.17. The maximum atomic E-state index is 12.0. The molecule has 1 fully saturated rings. The molecule has 0 aliphatic carbocycles. The zero-order chi connectivity index (χ0) is 15.8. The van der Waals surface area contributed by atoms with Crippen molar-refractivity contribution in [1.29, 1.82) is 0 Å². The molecule has 0 spiro atoms. The number of sulfone groups is 1. The molecule has 2 heterocycles. The maximum Gasteiger partial charge on any atom is 0.169 e. The summed E-state index contributed by atoms with van der Waals surface area (Å²) in [6.45, 7) is 6.65. The van der Waals surface area contributed by atoms with Crippen LogP contribution in [0.2, 0.25) is 5.15 Å². The second-order valence-corrected chi connectivity index (χ2v) is 9.92. The SMILES string of the molecule is CC(C)(C)c1nc(Cl)cc(N2CCSCC2S(C)(=O)=O)n1. The Morgan fingerprint density at radius 3 is 2.62 bits per heavy atom. The number of rotatable bonds is 2. The van der Waals surface area contributed by atoms with Crippen molar-refractivity contribution < 1.29 is 8.42 Å². The van der Waals surface area contributed by atoms with Crippen molar-refractivity contribution in [3.63, 3.8) is 0 Å². The van der Waals surface area contributed by atoms with Crippen LogP contribution in [0.3, 0.4) is 0 Å². The fraction of sp³-hybridized carbons (Fsp3) is 0.692. The highest BCUT2D eigenvalue weighted by atomic mass is 35.5. The predicted octanol–water partition coefficient (Wildman–Crippen LogP) is 2.35. The summed E-state index contributed by atoms with van der Waals surface area (Å²) in [5, 5.41) is -0.217. The number of hydrogen-bond acceptors (Lipinski definition) is 6. The van der Waals surface area contributed by atoms with Crippen LogP contribution in [-0.4, -0.2) is 48.1 Å². The molecule has 8 heteroatoms. The molecule has 1 saturated heterocycles. The summed E-state index contributed by atoms with van der Waals surface area (Å²) >= 11 is 7.75. The standard InChI is InChI=1S/C13H20ClN3O2S2/c1-13(2,3)12-15-9(14)7-10(16-12)17-5-6-20-8-11(17)21(4,18)19/h7,11H,5-6,8H2,1-4H3. The Bertz CT molecular complexity index is 629. The molecule has 1 aliphatic rings. The van der Waals surface area contributed by atoms with Gasteiger partial charge in [0.2, 0.25) is 0 Å². The highest BCUT2D eigenvalue weighted by Crippen LogP contribution is 2.29. The average Bonchev–Trinajstić information content (AvgIpc) is 2.36. The molecule has 0 saturated carbocycles. The lowest BCUT2D eigenvalue weighted by Crippen LogP contribution is -2.47. The highest BCUT2D eigenvalue weighted by Gasteiger charge is 2.33. The Hall–Kier alpha value is -0.530. The van der Waals surface area contributed by atoms with Crippen molar-refractivity contribution in [2.75, 3.05) is 29.2 Å². The van der Waals surface area contributed by atoms with Gasteiger partial charge in [0, 0.05) is 35.8 Å². The molecule has 118 valence electrons. The lowest BCUT2D eigenvalue weighted by Gasteiger charge is -2.35. The molecule has 0 amide bonds. The van der Waals surface area contributed by atoms with Gasteiger partial charge in [-0.2, -0.15) is 11.8 Å². The Morgan fingerprint density at radius 2 is 2.05 bits per heavy atom. The van der Waals surface area contributed by atoms with E-state index in [9.17, 15) is 8.42 Å². The molecular weight excluding hydrogens is 330 g/mol. The van der Waals surface area contributed by atoms with Crippen LogP contribution in [0, 0.1) is 0 Å². The van der Waals surface area contributed by atoms with Gasteiger partial charge in [-0.3, -0.25) is 0 Å². The Labute approximate surface area is 135 Å². The molecule has 0 aromatic carbocycles. The lowest BCUT2D eigenvalue weighted by molar-refractivity contribution is 0.542. The van der Waals surface area contributed by atoms with Crippen LogP contribution >= 0.6 is 23.4 Å². The first-order chi connectivity index (χ1) is 9.59. The third-order valence-corrected chi connectivity index (χ3v) is 6.06. The van der Waals surface area contributed by atoms with Crippen LogP contribution in [-0.2, 0) is 15.3 Å². The maximum absolute atomic E-state index is 12.0. The predicted molar refractivity (Wildman–Crippen MR) is 89.0 cm³/mol. The Morgan fingerprint density at radius 1 is 1.38 bits per heavy atom. The minimum absolute atomic E-state index is 0.245. The molecule has 1 aromatic heterocycles. The van der Waals surface area contributed by atoms with Gasteiger partial charge >= 0.3 is 0 Å². The molecule has 21 heavy (non-hydrogen) atoms. The minimum Gasteiger partial charge on any atom is -0.338 e. The molecule has 0 bridgehead atoms. The molecule has 1 aliphatic heterocycles. The topological polar surface area (TPSA) is 63.2 Å². The van der Waals surface area contributed by atoms with Gasteiger partial charge in [0.25, 0.3) is 0 Å². The summed E-state index contributed by atoms with van der Waals surface area (Å²) in [5.41, 5.74) is -0.245. The van der Waals surface area contributed by atoms with E-state index in [1.165, 1.54) is 6.26 Å². The zero-order valence-electron chi connectivity index (χ0n) is 12.6. The lowest BCUT2D eigenvalue weighted by atomic mass is 9.96. The molecular formula is C13H20ClN3O2S2. The van der Waals surface area contributed by atoms with E-state index in [4.69, 9.17) is 11.6 Å². The molecule has 0 radical (unpaired) electrons. The Kier molecular flexibility index (Phi) is 4.75. The van der Waals surface area contributed by atoms with Gasteiger partial charge in [-0.1, -0.05) is 32.4 Å². The van der Waals surface area contributed by atoms with E-state index in [1.54, 1.807) is 17.8 Å². The van der Waals surface area contributed by atoms with Crippen LogP contribution in [0.5, 0.6) is 0 Å². The largest absolute Gasteiger partial charge is 0.338 e. The van der Waals surface area contributed by atoms with Crippen molar-refractivity contribution in [2.24, 2.45) is 0 Å². The summed E-state index contributed by atoms with van der Waals surface area (Å²) in [7, 11) is -3.18. The van der Waals surface area contributed by atoms with Crippen LogP contribution in [0.15, 0.2) is 6.07 Å². The molecule has 2 rings (SSSR count). The number of halogens is 1. The third kappa shape index (κ3) is 4.02. The van der Waals surface area contributed by atoms with Crippen molar-refractivity contribution in [2.45, 2.75) is 31.6 Å². The fourth-order valence-corrected chi connectivity index (χ4v) is 5.09. The average molecular weight is 350 g/mol. The zero-order valence-corrected chi connectivity index (χ0v) is 15.0. The minimum atomic E-state index is -3.18. The summed E-state index contributed by atoms with van der Waals surface area (Å²) in [6, 6.07) is 1.64. The number of nitrogens with zero attached hydrogens (tertiary/aromatic N) is 3. The smallest absolute Gasteiger partial charge is 0.169 e. The number of anilines is 1. The number of aromatic nitrogens is 2. The Balaban J connectivity index is 2.46. The van der Waals surface area contributed by atoms with E-state index in [-0.39, 0.29) is 5.41 Å². The van der Waals surface area contributed by atoms with Crippen molar-refractivity contribution in [3.8, 4) is 0 Å². The van der Waals surface area contributed by atoms with E-state index in [0.717, 1.165) is 5.75 Å². The van der Waals surface area contributed by atoms with E-state index >= 15 is 0 Å². The van der Waals surface area contributed by atoms with Crippen molar-refractivity contribution >= 4 is 39.0 Å². The van der Waals surface area contributed by atoms with Crippen molar-refractivity contribution in [1.82, 2.24) is 9.97 Å². The van der Waals surface area contributed by atoms with Gasteiger partial charge in [-0.15, -0.1) is 0 Å². The summed E-state index contributed by atoms with van der Waals surface area (Å²) in [4.78, 5) is 10.6. The van der Waals surface area contributed by atoms with Gasteiger partial charge in [0.15, 0.2) is 9.84 Å². The highest BCUT2D eigenvalue weighted by molar-refractivity contribution is 8.01.